The first-order valence-corrected chi connectivity index (χ1v) is 4.60. The number of carboxylic acid groups (broad SMARTS) is 1. The van der Waals surface area contributed by atoms with Gasteiger partial charge in [-0.15, -0.1) is 0 Å². The summed E-state index contributed by atoms with van der Waals surface area (Å²) in [4.78, 5) is 10.4. The Balaban J connectivity index is 3.69. The molecule has 0 fully saturated rings. The number of carboxylic acids is 1. The minimum absolute atomic E-state index is 0.288. The summed E-state index contributed by atoms with van der Waals surface area (Å²) in [5, 5.41) is 8.57. The minimum Gasteiger partial charge on any atom is -0.481 e. The van der Waals surface area contributed by atoms with Crippen molar-refractivity contribution in [2.45, 2.75) is 27.2 Å². The quantitative estimate of drug-likeness (QED) is 0.664. The van der Waals surface area contributed by atoms with Gasteiger partial charge in [-0.2, -0.15) is 0 Å². The Labute approximate surface area is 80.0 Å². The summed E-state index contributed by atoms with van der Waals surface area (Å²) in [7, 11) is 0. The molecule has 0 aliphatic heterocycles. The van der Waals surface area contributed by atoms with Gasteiger partial charge in [0.05, 0.1) is 5.92 Å². The van der Waals surface area contributed by atoms with E-state index in [9.17, 15) is 4.79 Å². The van der Waals surface area contributed by atoms with E-state index in [1.165, 1.54) is 0 Å². The smallest absolute Gasteiger partial charge is 0.306 e. The fraction of sp³-hybridized carbons (Fsp3) is 0.545. The summed E-state index contributed by atoms with van der Waals surface area (Å²) in [6.07, 6.45) is 8.41. The Morgan fingerprint density at radius 1 is 1.31 bits per heavy atom. The lowest BCUT2D eigenvalue weighted by molar-refractivity contribution is -0.140. The topological polar surface area (TPSA) is 37.3 Å². The molecule has 0 radical (unpaired) electrons. The average molecular weight is 182 g/mol. The Morgan fingerprint density at radius 2 is 1.92 bits per heavy atom. The number of hydrogen-bond donors (Lipinski definition) is 1. The second-order valence-electron chi connectivity index (χ2n) is 3.53. The summed E-state index contributed by atoms with van der Waals surface area (Å²) in [5.74, 6) is -0.484. The normalized spacial score (nSPS) is 14.5. The number of hydrogen-bond acceptors (Lipinski definition) is 1. The molecule has 1 unspecified atom stereocenters. The lowest BCUT2D eigenvalue weighted by Gasteiger charge is -1.98. The molecular weight excluding hydrogens is 164 g/mol. The molecule has 0 spiro atoms. The standard InChI is InChI=1S/C11H18O2/c1-9(2)7-5-4-6-8-10(3)11(12)13/h4-7,9-10H,8H2,1-3H3,(H,12,13)/b6-4+,7-5-. The maximum absolute atomic E-state index is 10.4. The molecule has 1 atom stereocenters. The zero-order chi connectivity index (χ0) is 10.3. The van der Waals surface area contributed by atoms with Crippen LogP contribution >= 0.6 is 0 Å². The molecular formula is C11H18O2. The molecule has 0 heterocycles. The third-order valence-electron chi connectivity index (χ3n) is 1.65. The van der Waals surface area contributed by atoms with Crippen molar-refractivity contribution >= 4 is 5.97 Å². The van der Waals surface area contributed by atoms with Gasteiger partial charge >= 0.3 is 5.97 Å². The van der Waals surface area contributed by atoms with Crippen LogP contribution in [-0.2, 0) is 4.79 Å². The molecule has 0 saturated heterocycles. The van der Waals surface area contributed by atoms with Crippen LogP contribution in [0.3, 0.4) is 0 Å². The van der Waals surface area contributed by atoms with Crippen molar-refractivity contribution in [2.75, 3.05) is 0 Å². The first-order chi connectivity index (χ1) is 6.04. The highest BCUT2D eigenvalue weighted by Crippen LogP contribution is 2.02. The molecule has 2 heteroatoms. The van der Waals surface area contributed by atoms with Gasteiger partial charge in [0, 0.05) is 0 Å². The highest BCUT2D eigenvalue weighted by Gasteiger charge is 2.06. The molecule has 0 aromatic heterocycles. The van der Waals surface area contributed by atoms with Crippen LogP contribution in [0.4, 0.5) is 0 Å². The summed E-state index contributed by atoms with van der Waals surface area (Å²) in [6.45, 7) is 5.91. The van der Waals surface area contributed by atoms with Crippen molar-refractivity contribution in [1.29, 1.82) is 0 Å². The second-order valence-corrected chi connectivity index (χ2v) is 3.53. The van der Waals surface area contributed by atoms with Crippen molar-refractivity contribution in [3.63, 3.8) is 0 Å². The van der Waals surface area contributed by atoms with Gasteiger partial charge in [-0.1, -0.05) is 45.1 Å². The maximum atomic E-state index is 10.4. The summed E-state index contributed by atoms with van der Waals surface area (Å²) < 4.78 is 0. The highest BCUT2D eigenvalue weighted by atomic mass is 16.4. The highest BCUT2D eigenvalue weighted by molar-refractivity contribution is 5.69. The van der Waals surface area contributed by atoms with E-state index in [2.05, 4.69) is 19.9 Å². The van der Waals surface area contributed by atoms with Crippen LogP contribution in [0.1, 0.15) is 27.2 Å². The molecule has 13 heavy (non-hydrogen) atoms. The molecule has 0 aliphatic rings. The predicted molar refractivity (Wildman–Crippen MR) is 54.5 cm³/mol. The molecule has 2 nitrogen and oxygen atoms in total. The summed E-state index contributed by atoms with van der Waals surface area (Å²) in [6, 6.07) is 0. The van der Waals surface area contributed by atoms with E-state index in [-0.39, 0.29) is 5.92 Å². The monoisotopic (exact) mass is 182 g/mol. The van der Waals surface area contributed by atoms with Crippen molar-refractivity contribution in [3.05, 3.63) is 24.3 Å². The van der Waals surface area contributed by atoms with Crippen LogP contribution in [0, 0.1) is 11.8 Å². The van der Waals surface area contributed by atoms with Crippen molar-refractivity contribution in [1.82, 2.24) is 0 Å². The number of carbonyl (C=O) groups is 1. The van der Waals surface area contributed by atoms with E-state index in [0.29, 0.717) is 12.3 Å². The van der Waals surface area contributed by atoms with Gasteiger partial charge in [-0.05, 0) is 12.3 Å². The third-order valence-corrected chi connectivity index (χ3v) is 1.65. The SMILES string of the molecule is CC(C)/C=C\C=C\CC(C)C(=O)O. The Hall–Kier alpha value is -1.05. The van der Waals surface area contributed by atoms with Gasteiger partial charge in [0.25, 0.3) is 0 Å². The first kappa shape index (κ1) is 11.9. The van der Waals surface area contributed by atoms with E-state index in [0.717, 1.165) is 0 Å². The maximum Gasteiger partial charge on any atom is 0.306 e. The largest absolute Gasteiger partial charge is 0.481 e. The van der Waals surface area contributed by atoms with E-state index in [1.54, 1.807) is 6.92 Å². The summed E-state index contributed by atoms with van der Waals surface area (Å²) in [5.41, 5.74) is 0. The average Bonchev–Trinajstić information content (AvgIpc) is 2.02. The molecule has 0 aromatic carbocycles. The second kappa shape index (κ2) is 6.46. The molecule has 0 amide bonds. The van der Waals surface area contributed by atoms with Gasteiger partial charge in [-0.3, -0.25) is 4.79 Å². The van der Waals surface area contributed by atoms with Gasteiger partial charge in [0.2, 0.25) is 0 Å². The Kier molecular flexibility index (Phi) is 5.94. The fourth-order valence-electron chi connectivity index (χ4n) is 0.748. The Bertz CT molecular complexity index is 202. The molecule has 0 aliphatic carbocycles. The van der Waals surface area contributed by atoms with Crippen molar-refractivity contribution in [3.8, 4) is 0 Å². The van der Waals surface area contributed by atoms with E-state index in [4.69, 9.17) is 5.11 Å². The number of allylic oxidation sites excluding steroid dienone is 4. The first-order valence-electron chi connectivity index (χ1n) is 4.60. The molecule has 74 valence electrons. The predicted octanol–water partition coefficient (Wildman–Crippen LogP) is 2.87. The zero-order valence-electron chi connectivity index (χ0n) is 8.53. The zero-order valence-corrected chi connectivity index (χ0v) is 8.53. The van der Waals surface area contributed by atoms with Crippen LogP contribution in [0.15, 0.2) is 24.3 Å². The molecule has 0 bridgehead atoms. The number of aliphatic carboxylic acids is 1. The lowest BCUT2D eigenvalue weighted by Crippen LogP contribution is -2.07. The van der Waals surface area contributed by atoms with Gasteiger partial charge in [0.15, 0.2) is 0 Å². The molecule has 0 rings (SSSR count). The lowest BCUT2D eigenvalue weighted by atomic mass is 10.1. The summed E-state index contributed by atoms with van der Waals surface area (Å²) >= 11 is 0. The molecule has 0 saturated carbocycles. The van der Waals surface area contributed by atoms with Gasteiger partial charge in [-0.25, -0.2) is 0 Å². The van der Waals surface area contributed by atoms with Crippen LogP contribution in [0.25, 0.3) is 0 Å². The van der Waals surface area contributed by atoms with Crippen LogP contribution in [-0.4, -0.2) is 11.1 Å². The van der Waals surface area contributed by atoms with Crippen LogP contribution in [0.5, 0.6) is 0 Å². The van der Waals surface area contributed by atoms with Crippen molar-refractivity contribution in [2.24, 2.45) is 11.8 Å². The number of rotatable bonds is 5. The molecule has 1 N–H and O–H groups in total. The van der Waals surface area contributed by atoms with E-state index in [1.807, 2.05) is 18.2 Å². The third kappa shape index (κ3) is 7.32. The van der Waals surface area contributed by atoms with E-state index >= 15 is 0 Å². The minimum atomic E-state index is -0.738. The fourth-order valence-corrected chi connectivity index (χ4v) is 0.748. The van der Waals surface area contributed by atoms with Crippen LogP contribution in [0.2, 0.25) is 0 Å². The van der Waals surface area contributed by atoms with Crippen molar-refractivity contribution < 1.29 is 9.90 Å². The van der Waals surface area contributed by atoms with Crippen LogP contribution < -0.4 is 0 Å². The molecule has 0 aromatic rings. The van der Waals surface area contributed by atoms with Gasteiger partial charge in [0.1, 0.15) is 0 Å². The van der Waals surface area contributed by atoms with Gasteiger partial charge < -0.3 is 5.11 Å². The Morgan fingerprint density at radius 3 is 2.38 bits per heavy atom. The van der Waals surface area contributed by atoms with E-state index < -0.39 is 5.97 Å².